The molecule has 0 fully saturated rings. The summed E-state index contributed by atoms with van der Waals surface area (Å²) >= 11 is 0. The maximum absolute atomic E-state index is 14.1. The van der Waals surface area contributed by atoms with Gasteiger partial charge in [-0.25, -0.2) is 4.39 Å². The number of aryl methyl sites for hydroxylation is 1. The molecule has 8 heteroatoms. The quantitative estimate of drug-likeness (QED) is 0.706. The number of nitrogens with zero attached hydrogens (tertiary/aromatic N) is 3. The maximum Gasteiger partial charge on any atom is 0.219 e. The Bertz CT molecular complexity index is 917. The van der Waals surface area contributed by atoms with Crippen molar-refractivity contribution in [3.05, 3.63) is 47.0 Å². The van der Waals surface area contributed by atoms with Crippen LogP contribution in [-0.4, -0.2) is 40.4 Å². The number of carbonyl (C=O) groups is 1. The molecule has 1 amide bonds. The molecule has 0 aliphatic carbocycles. The Kier molecular flexibility index (Phi) is 5.25. The lowest BCUT2D eigenvalue weighted by molar-refractivity contribution is -0.129. The normalized spacial score (nSPS) is 13.9. The number of aromatic nitrogens is 2. The van der Waals surface area contributed by atoms with Gasteiger partial charge in [0.2, 0.25) is 5.91 Å². The van der Waals surface area contributed by atoms with Crippen molar-refractivity contribution in [2.45, 2.75) is 19.9 Å². The van der Waals surface area contributed by atoms with Crippen LogP contribution in [0.5, 0.6) is 0 Å². The van der Waals surface area contributed by atoms with Crippen LogP contribution >= 0.6 is 0 Å². The van der Waals surface area contributed by atoms with E-state index in [2.05, 4.69) is 15.7 Å². The molecule has 0 unspecified atom stereocenters. The van der Waals surface area contributed by atoms with Gasteiger partial charge in [-0.15, -0.1) is 0 Å². The van der Waals surface area contributed by atoms with Gasteiger partial charge in [0.05, 0.1) is 6.54 Å². The lowest BCUT2D eigenvalue weighted by Crippen LogP contribution is -2.34. The Labute approximate surface area is 157 Å². The highest BCUT2D eigenvalue weighted by Gasteiger charge is 2.25. The van der Waals surface area contributed by atoms with Crippen molar-refractivity contribution >= 4 is 29.2 Å². The van der Waals surface area contributed by atoms with Crippen molar-refractivity contribution < 1.29 is 9.18 Å². The van der Waals surface area contributed by atoms with Gasteiger partial charge in [0.1, 0.15) is 5.82 Å². The molecule has 2 heterocycles. The summed E-state index contributed by atoms with van der Waals surface area (Å²) in [5.41, 5.74) is 3.70. The molecule has 0 atom stereocenters. The van der Waals surface area contributed by atoms with Gasteiger partial charge in [0.25, 0.3) is 0 Å². The highest BCUT2D eigenvalue weighted by molar-refractivity contribution is 6.08. The van der Waals surface area contributed by atoms with Crippen LogP contribution in [-0.2, 0) is 24.8 Å². The lowest BCUT2D eigenvalue weighted by Gasteiger charge is -2.26. The summed E-state index contributed by atoms with van der Waals surface area (Å²) < 4.78 is 15.9. The van der Waals surface area contributed by atoms with Crippen molar-refractivity contribution in [2.75, 3.05) is 18.9 Å². The van der Waals surface area contributed by atoms with E-state index >= 15 is 0 Å². The molecular formula is C19H23FN6O. The van der Waals surface area contributed by atoms with Crippen molar-refractivity contribution in [2.24, 2.45) is 7.05 Å². The maximum atomic E-state index is 14.1. The first kappa shape index (κ1) is 18.6. The second kappa shape index (κ2) is 7.61. The number of hydrogen-bond acceptors (Lipinski definition) is 5. The minimum atomic E-state index is -0.408. The fourth-order valence-corrected chi connectivity index (χ4v) is 3.29. The number of fused-ring (bicyclic) bond motifs is 1. The summed E-state index contributed by atoms with van der Waals surface area (Å²) in [5.74, 6) is 0.231. The Morgan fingerprint density at radius 1 is 1.37 bits per heavy atom. The van der Waals surface area contributed by atoms with Crippen molar-refractivity contribution in [3.8, 4) is 0 Å². The summed E-state index contributed by atoms with van der Waals surface area (Å²) in [6.45, 7) is 2.71. The molecule has 3 N–H and O–H groups in total. The molecule has 0 saturated heterocycles. The van der Waals surface area contributed by atoms with Crippen LogP contribution in [0.3, 0.4) is 0 Å². The molecule has 3 rings (SSSR count). The van der Waals surface area contributed by atoms with Gasteiger partial charge in [0.15, 0.2) is 5.82 Å². The van der Waals surface area contributed by atoms with Gasteiger partial charge in [0, 0.05) is 68.9 Å². The molecule has 0 saturated carbocycles. The van der Waals surface area contributed by atoms with Crippen LogP contribution in [0.1, 0.15) is 23.7 Å². The monoisotopic (exact) mass is 370 g/mol. The Morgan fingerprint density at radius 2 is 2.15 bits per heavy atom. The van der Waals surface area contributed by atoms with Crippen LogP contribution in [0.2, 0.25) is 0 Å². The average molecular weight is 370 g/mol. The molecule has 0 spiro atoms. The zero-order valence-electron chi connectivity index (χ0n) is 15.6. The fraction of sp³-hybridized carbons (Fsp3) is 0.316. The summed E-state index contributed by atoms with van der Waals surface area (Å²) in [5, 5.41) is 18.1. The van der Waals surface area contributed by atoms with E-state index in [0.29, 0.717) is 35.7 Å². The van der Waals surface area contributed by atoms with Crippen molar-refractivity contribution in [1.29, 1.82) is 5.41 Å². The van der Waals surface area contributed by atoms with Crippen LogP contribution in [0.4, 0.5) is 15.9 Å². The smallest absolute Gasteiger partial charge is 0.219 e. The van der Waals surface area contributed by atoms with E-state index in [9.17, 15) is 9.18 Å². The molecule has 142 valence electrons. The van der Waals surface area contributed by atoms with E-state index in [1.165, 1.54) is 18.3 Å². The number of nitrogens with one attached hydrogen (secondary N) is 3. The third kappa shape index (κ3) is 3.84. The van der Waals surface area contributed by atoms with Crippen LogP contribution in [0, 0.1) is 11.2 Å². The standard InChI is InChI=1S/C19H23FN6O/c1-12(27)26-5-4-18-17(11-26)19(24-25(18)3)23-16-7-13(6-15(20)8-16)14(9-21)10-22-2/h6-10,21-22H,4-5,11H2,1-3H3,(H,23,24)/b14-10+,21-9?. The topological polar surface area (TPSA) is 86.0 Å². The number of anilines is 2. The molecule has 1 aliphatic heterocycles. The molecule has 1 aromatic carbocycles. The fourth-order valence-electron chi connectivity index (χ4n) is 3.29. The van der Waals surface area contributed by atoms with E-state index in [1.54, 1.807) is 35.8 Å². The van der Waals surface area contributed by atoms with E-state index in [0.717, 1.165) is 17.7 Å². The van der Waals surface area contributed by atoms with E-state index in [-0.39, 0.29) is 5.91 Å². The van der Waals surface area contributed by atoms with Gasteiger partial charge in [-0.2, -0.15) is 5.10 Å². The molecule has 1 aromatic heterocycles. The first-order valence-electron chi connectivity index (χ1n) is 8.69. The zero-order chi connectivity index (χ0) is 19.6. The molecule has 0 bridgehead atoms. The van der Waals surface area contributed by atoms with Crippen LogP contribution < -0.4 is 10.6 Å². The predicted molar refractivity (Wildman–Crippen MR) is 104 cm³/mol. The zero-order valence-corrected chi connectivity index (χ0v) is 15.6. The SMILES string of the molecule is CN/C=C(\C=N)c1cc(F)cc(Nc2nn(C)c3c2CN(C(C)=O)CC3)c1. The molecule has 0 radical (unpaired) electrons. The first-order chi connectivity index (χ1) is 12.9. The van der Waals surface area contributed by atoms with Crippen molar-refractivity contribution in [3.63, 3.8) is 0 Å². The molecule has 7 nitrogen and oxygen atoms in total. The third-order valence-corrected chi connectivity index (χ3v) is 4.64. The first-order valence-corrected chi connectivity index (χ1v) is 8.69. The van der Waals surface area contributed by atoms with Gasteiger partial charge in [-0.05, 0) is 23.8 Å². The highest BCUT2D eigenvalue weighted by Crippen LogP contribution is 2.29. The van der Waals surface area contributed by atoms with Crippen LogP contribution in [0.15, 0.2) is 24.4 Å². The van der Waals surface area contributed by atoms with E-state index in [1.807, 2.05) is 7.05 Å². The predicted octanol–water partition coefficient (Wildman–Crippen LogP) is 2.42. The number of carbonyl (C=O) groups excluding carboxylic acids is 1. The van der Waals surface area contributed by atoms with Gasteiger partial charge < -0.3 is 20.9 Å². The van der Waals surface area contributed by atoms with Gasteiger partial charge >= 0.3 is 0 Å². The van der Waals surface area contributed by atoms with Crippen LogP contribution in [0.25, 0.3) is 5.57 Å². The Balaban J connectivity index is 1.95. The van der Waals surface area contributed by atoms with Gasteiger partial charge in [-0.1, -0.05) is 0 Å². The summed E-state index contributed by atoms with van der Waals surface area (Å²) in [4.78, 5) is 13.5. The average Bonchev–Trinajstić information content (AvgIpc) is 2.94. The summed E-state index contributed by atoms with van der Waals surface area (Å²) in [7, 11) is 3.59. The summed E-state index contributed by atoms with van der Waals surface area (Å²) in [6, 6.07) is 4.53. The number of halogens is 1. The van der Waals surface area contributed by atoms with Crippen molar-refractivity contribution in [1.82, 2.24) is 20.0 Å². The molecular weight excluding hydrogens is 347 g/mol. The Hall–Kier alpha value is -3.16. The second-order valence-electron chi connectivity index (χ2n) is 6.47. The number of rotatable bonds is 5. The summed E-state index contributed by atoms with van der Waals surface area (Å²) in [6.07, 6.45) is 3.54. The molecule has 27 heavy (non-hydrogen) atoms. The second-order valence-corrected chi connectivity index (χ2v) is 6.47. The lowest BCUT2D eigenvalue weighted by atomic mass is 10.1. The number of benzene rings is 1. The minimum absolute atomic E-state index is 0.0244. The number of allylic oxidation sites excluding steroid dienone is 1. The molecule has 2 aromatic rings. The third-order valence-electron chi connectivity index (χ3n) is 4.64. The van der Waals surface area contributed by atoms with E-state index in [4.69, 9.17) is 5.41 Å². The van der Waals surface area contributed by atoms with E-state index < -0.39 is 5.82 Å². The van der Waals surface area contributed by atoms with Gasteiger partial charge in [-0.3, -0.25) is 9.48 Å². The molecule has 1 aliphatic rings. The highest BCUT2D eigenvalue weighted by atomic mass is 19.1. The largest absolute Gasteiger partial charge is 0.393 e. The minimum Gasteiger partial charge on any atom is -0.393 e. The number of amides is 1. The number of hydrogen-bond donors (Lipinski definition) is 3. The Morgan fingerprint density at radius 3 is 2.81 bits per heavy atom.